The number of likely N-dealkylation sites (tertiary alicyclic amines) is 1. The molecule has 2 rings (SSSR count). The second-order valence-corrected chi connectivity index (χ2v) is 5.53. The average molecular weight is 284 g/mol. The van der Waals surface area contributed by atoms with Crippen molar-refractivity contribution in [1.82, 2.24) is 4.90 Å². The van der Waals surface area contributed by atoms with E-state index < -0.39 is 6.61 Å². The maximum Gasteiger partial charge on any atom is 0.387 e. The molecule has 112 valence electrons. The van der Waals surface area contributed by atoms with Gasteiger partial charge < -0.3 is 10.5 Å². The lowest BCUT2D eigenvalue weighted by Crippen LogP contribution is -2.30. The minimum atomic E-state index is -2.77. The molecule has 0 aliphatic carbocycles. The molecule has 3 atom stereocenters. The third-order valence-electron chi connectivity index (χ3n) is 4.14. The molecule has 0 bridgehead atoms. The molecule has 0 spiro atoms. The molecule has 0 aromatic heterocycles. The van der Waals surface area contributed by atoms with Gasteiger partial charge >= 0.3 is 6.61 Å². The number of benzene rings is 1. The SMILES string of the molecule is CC(N)C1CCN(C(C)c2ccc(OC(F)F)cc2)C1. The van der Waals surface area contributed by atoms with E-state index in [4.69, 9.17) is 5.73 Å². The Morgan fingerprint density at radius 1 is 1.25 bits per heavy atom. The number of hydrogen-bond donors (Lipinski definition) is 1. The molecule has 3 nitrogen and oxygen atoms in total. The minimum Gasteiger partial charge on any atom is -0.435 e. The van der Waals surface area contributed by atoms with Crippen LogP contribution in [0.2, 0.25) is 0 Å². The van der Waals surface area contributed by atoms with Crippen molar-refractivity contribution >= 4 is 0 Å². The topological polar surface area (TPSA) is 38.5 Å². The molecule has 1 fully saturated rings. The minimum absolute atomic E-state index is 0.200. The number of nitrogens with two attached hydrogens (primary N) is 1. The third-order valence-corrected chi connectivity index (χ3v) is 4.14. The van der Waals surface area contributed by atoms with Crippen LogP contribution in [-0.2, 0) is 0 Å². The molecule has 1 aliphatic heterocycles. The first-order valence-electron chi connectivity index (χ1n) is 7.01. The van der Waals surface area contributed by atoms with Gasteiger partial charge in [-0.05, 0) is 50.4 Å². The fourth-order valence-electron chi connectivity index (χ4n) is 2.73. The molecule has 0 radical (unpaired) electrons. The number of hydrogen-bond acceptors (Lipinski definition) is 3. The summed E-state index contributed by atoms with van der Waals surface area (Å²) in [5.41, 5.74) is 7.06. The van der Waals surface area contributed by atoms with E-state index in [2.05, 4.69) is 23.5 Å². The average Bonchev–Trinajstić information content (AvgIpc) is 2.88. The molecule has 1 aromatic rings. The summed E-state index contributed by atoms with van der Waals surface area (Å²) in [5.74, 6) is 0.740. The zero-order valence-electron chi connectivity index (χ0n) is 11.9. The Balaban J connectivity index is 1.97. The number of rotatable bonds is 5. The molecular formula is C15H22F2N2O. The fraction of sp³-hybridized carbons (Fsp3) is 0.600. The summed E-state index contributed by atoms with van der Waals surface area (Å²) >= 11 is 0. The molecule has 5 heteroatoms. The van der Waals surface area contributed by atoms with Gasteiger partial charge in [0.2, 0.25) is 0 Å². The van der Waals surface area contributed by atoms with Crippen LogP contribution in [0.15, 0.2) is 24.3 Å². The van der Waals surface area contributed by atoms with Gasteiger partial charge in [0.1, 0.15) is 5.75 Å². The lowest BCUT2D eigenvalue weighted by Gasteiger charge is -2.25. The fourth-order valence-corrected chi connectivity index (χ4v) is 2.73. The maximum absolute atomic E-state index is 12.1. The van der Waals surface area contributed by atoms with Crippen molar-refractivity contribution in [3.05, 3.63) is 29.8 Å². The van der Waals surface area contributed by atoms with Crippen LogP contribution in [0.4, 0.5) is 8.78 Å². The van der Waals surface area contributed by atoms with Crippen molar-refractivity contribution in [2.45, 2.75) is 39.0 Å². The van der Waals surface area contributed by atoms with Crippen LogP contribution in [0.25, 0.3) is 0 Å². The van der Waals surface area contributed by atoms with Crippen molar-refractivity contribution in [2.24, 2.45) is 11.7 Å². The van der Waals surface area contributed by atoms with Gasteiger partial charge in [-0.1, -0.05) is 12.1 Å². The lowest BCUT2D eigenvalue weighted by atomic mass is 10.0. The molecular weight excluding hydrogens is 262 g/mol. The van der Waals surface area contributed by atoms with Crippen molar-refractivity contribution in [1.29, 1.82) is 0 Å². The van der Waals surface area contributed by atoms with Gasteiger partial charge in [0.05, 0.1) is 0 Å². The standard InChI is InChI=1S/C15H22F2N2O/c1-10(18)13-7-8-19(9-13)11(2)12-3-5-14(6-4-12)20-15(16)17/h3-6,10-11,13,15H,7-9,18H2,1-2H3. The summed E-state index contributed by atoms with van der Waals surface area (Å²) in [6.45, 7) is 3.43. The van der Waals surface area contributed by atoms with Gasteiger partial charge in [-0.3, -0.25) is 4.90 Å². The molecule has 1 heterocycles. The first kappa shape index (κ1) is 15.2. The molecule has 2 N–H and O–H groups in total. The zero-order chi connectivity index (χ0) is 14.7. The highest BCUT2D eigenvalue weighted by Gasteiger charge is 2.28. The maximum atomic E-state index is 12.1. The Morgan fingerprint density at radius 2 is 1.90 bits per heavy atom. The molecule has 1 aliphatic rings. The van der Waals surface area contributed by atoms with Crippen LogP contribution >= 0.6 is 0 Å². The van der Waals surface area contributed by atoms with E-state index >= 15 is 0 Å². The van der Waals surface area contributed by atoms with Gasteiger partial charge in [-0.2, -0.15) is 8.78 Å². The van der Waals surface area contributed by atoms with Crippen LogP contribution in [0.5, 0.6) is 5.75 Å². The van der Waals surface area contributed by atoms with Crippen molar-refractivity contribution < 1.29 is 13.5 Å². The largest absolute Gasteiger partial charge is 0.435 e. The highest BCUT2D eigenvalue weighted by atomic mass is 19.3. The second-order valence-electron chi connectivity index (χ2n) is 5.53. The van der Waals surface area contributed by atoms with Gasteiger partial charge in [0.25, 0.3) is 0 Å². The van der Waals surface area contributed by atoms with Gasteiger partial charge in [-0.25, -0.2) is 0 Å². The third kappa shape index (κ3) is 3.67. The number of nitrogens with zero attached hydrogens (tertiary/aromatic N) is 1. The van der Waals surface area contributed by atoms with E-state index in [1.807, 2.05) is 12.1 Å². The summed E-state index contributed by atoms with van der Waals surface area (Å²) in [6.07, 6.45) is 1.12. The normalized spacial score (nSPS) is 23.0. The van der Waals surface area contributed by atoms with Crippen LogP contribution in [0, 0.1) is 5.92 Å². The molecule has 0 saturated carbocycles. The van der Waals surface area contributed by atoms with Gasteiger partial charge in [0.15, 0.2) is 0 Å². The Morgan fingerprint density at radius 3 is 2.40 bits per heavy atom. The molecule has 3 unspecified atom stereocenters. The number of halogens is 2. The Kier molecular flexibility index (Phi) is 4.94. The Bertz CT molecular complexity index is 422. The molecule has 1 aromatic carbocycles. The number of alkyl halides is 2. The Hall–Kier alpha value is -1.20. The van der Waals surface area contributed by atoms with Crippen molar-refractivity contribution in [3.63, 3.8) is 0 Å². The quantitative estimate of drug-likeness (QED) is 0.903. The van der Waals surface area contributed by atoms with Crippen molar-refractivity contribution in [2.75, 3.05) is 13.1 Å². The molecule has 0 amide bonds. The van der Waals surface area contributed by atoms with Crippen molar-refractivity contribution in [3.8, 4) is 5.75 Å². The van der Waals surface area contributed by atoms with E-state index in [0.717, 1.165) is 25.1 Å². The number of ether oxygens (including phenoxy) is 1. The summed E-state index contributed by atoms with van der Waals surface area (Å²) in [7, 11) is 0. The zero-order valence-corrected chi connectivity index (χ0v) is 11.9. The van der Waals surface area contributed by atoms with Gasteiger partial charge in [-0.15, -0.1) is 0 Å². The van der Waals surface area contributed by atoms with Crippen LogP contribution < -0.4 is 10.5 Å². The first-order valence-corrected chi connectivity index (χ1v) is 7.01. The monoisotopic (exact) mass is 284 g/mol. The van der Waals surface area contributed by atoms with E-state index in [0.29, 0.717) is 5.92 Å². The van der Waals surface area contributed by atoms with E-state index in [1.54, 1.807) is 12.1 Å². The van der Waals surface area contributed by atoms with Crippen LogP contribution in [-0.4, -0.2) is 30.6 Å². The molecule has 1 saturated heterocycles. The lowest BCUT2D eigenvalue weighted by molar-refractivity contribution is -0.0498. The van der Waals surface area contributed by atoms with E-state index in [9.17, 15) is 8.78 Å². The highest BCUT2D eigenvalue weighted by Crippen LogP contribution is 2.29. The highest BCUT2D eigenvalue weighted by molar-refractivity contribution is 5.29. The van der Waals surface area contributed by atoms with Crippen LogP contribution in [0.3, 0.4) is 0 Å². The predicted molar refractivity (Wildman–Crippen MR) is 74.8 cm³/mol. The van der Waals surface area contributed by atoms with Gasteiger partial charge in [0, 0.05) is 18.6 Å². The molecule has 20 heavy (non-hydrogen) atoms. The second kappa shape index (κ2) is 6.50. The summed E-state index contributed by atoms with van der Waals surface area (Å²) < 4.78 is 28.6. The summed E-state index contributed by atoms with van der Waals surface area (Å²) in [4.78, 5) is 2.39. The smallest absolute Gasteiger partial charge is 0.387 e. The van der Waals surface area contributed by atoms with E-state index in [1.165, 1.54) is 0 Å². The van der Waals surface area contributed by atoms with Crippen LogP contribution in [0.1, 0.15) is 31.9 Å². The summed E-state index contributed by atoms with van der Waals surface area (Å²) in [6, 6.07) is 7.37. The van der Waals surface area contributed by atoms with E-state index in [-0.39, 0.29) is 17.8 Å². The Labute approximate surface area is 118 Å². The summed E-state index contributed by atoms with van der Waals surface area (Å²) in [5, 5.41) is 0. The predicted octanol–water partition coefficient (Wildman–Crippen LogP) is 3.02. The first-order chi connectivity index (χ1) is 9.47.